The molecule has 0 aromatic heterocycles. The highest BCUT2D eigenvalue weighted by atomic mass is 35.5. The topological polar surface area (TPSA) is 72.4 Å². The molecule has 0 amide bonds. The maximum absolute atomic E-state index is 13.6. The molecule has 1 heterocycles. The highest BCUT2D eigenvalue weighted by molar-refractivity contribution is 5.85. The van der Waals surface area contributed by atoms with Crippen molar-refractivity contribution >= 4 is 18.1 Å². The summed E-state index contributed by atoms with van der Waals surface area (Å²) < 4.78 is 13.6. The zero-order chi connectivity index (χ0) is 12.4. The second-order valence-corrected chi connectivity index (χ2v) is 4.32. The van der Waals surface area contributed by atoms with E-state index < -0.39 is 10.7 Å². The van der Waals surface area contributed by atoms with E-state index in [0.29, 0.717) is 12.1 Å². The van der Waals surface area contributed by atoms with E-state index in [-0.39, 0.29) is 24.1 Å². The summed E-state index contributed by atoms with van der Waals surface area (Å²) in [6, 6.07) is 3.91. The van der Waals surface area contributed by atoms with Crippen molar-refractivity contribution in [2.45, 2.75) is 19.0 Å². The van der Waals surface area contributed by atoms with Gasteiger partial charge in [0, 0.05) is 37.3 Å². The number of hydrogen-bond donors (Lipinski definition) is 1. The number of benzene rings is 1. The molecule has 1 fully saturated rings. The molecule has 1 aliphatic heterocycles. The Labute approximate surface area is 110 Å². The van der Waals surface area contributed by atoms with E-state index in [1.807, 2.05) is 0 Å². The van der Waals surface area contributed by atoms with Crippen molar-refractivity contribution in [3.05, 3.63) is 39.7 Å². The molecule has 1 aromatic rings. The third-order valence-corrected chi connectivity index (χ3v) is 2.95. The van der Waals surface area contributed by atoms with Crippen LogP contribution in [0, 0.1) is 15.9 Å². The summed E-state index contributed by atoms with van der Waals surface area (Å²) >= 11 is 0. The fourth-order valence-electron chi connectivity index (χ4n) is 2.03. The van der Waals surface area contributed by atoms with Crippen molar-refractivity contribution in [1.82, 2.24) is 4.90 Å². The first-order valence-electron chi connectivity index (χ1n) is 5.47. The quantitative estimate of drug-likeness (QED) is 0.673. The summed E-state index contributed by atoms with van der Waals surface area (Å²) in [4.78, 5) is 11.9. The van der Waals surface area contributed by atoms with Gasteiger partial charge in [0.1, 0.15) is 5.82 Å². The van der Waals surface area contributed by atoms with Gasteiger partial charge in [0.05, 0.1) is 11.0 Å². The highest BCUT2D eigenvalue weighted by Gasteiger charge is 2.20. The molecule has 0 bridgehead atoms. The third-order valence-electron chi connectivity index (χ3n) is 2.95. The van der Waals surface area contributed by atoms with Gasteiger partial charge in [-0.2, -0.15) is 0 Å². The standard InChI is InChI=1S/C11H14FN3O2.ClH/c12-11-5-10(15(16)17)2-1-8(11)6-14-4-3-9(13)7-14;/h1-2,5,9H,3-4,6-7,13H2;1H. The van der Waals surface area contributed by atoms with Crippen LogP contribution in [0.15, 0.2) is 18.2 Å². The van der Waals surface area contributed by atoms with Gasteiger partial charge < -0.3 is 5.73 Å². The Hall–Kier alpha value is -1.24. The molecule has 1 aromatic carbocycles. The first-order chi connectivity index (χ1) is 8.06. The number of non-ortho nitro benzene ring substituents is 1. The molecule has 18 heavy (non-hydrogen) atoms. The fraction of sp³-hybridized carbons (Fsp3) is 0.455. The van der Waals surface area contributed by atoms with Crippen molar-refractivity contribution in [2.24, 2.45) is 5.73 Å². The van der Waals surface area contributed by atoms with Gasteiger partial charge in [-0.3, -0.25) is 15.0 Å². The second kappa shape index (κ2) is 6.08. The Morgan fingerprint density at radius 1 is 1.56 bits per heavy atom. The van der Waals surface area contributed by atoms with Crippen LogP contribution in [0.25, 0.3) is 0 Å². The number of halogens is 2. The molecule has 100 valence electrons. The van der Waals surface area contributed by atoms with Crippen molar-refractivity contribution < 1.29 is 9.31 Å². The zero-order valence-electron chi connectivity index (χ0n) is 9.71. The normalized spacial score (nSPS) is 19.6. The molecular weight excluding hydrogens is 261 g/mol. The van der Waals surface area contributed by atoms with Crippen LogP contribution in [0.2, 0.25) is 0 Å². The van der Waals surface area contributed by atoms with Crippen LogP contribution in [0.5, 0.6) is 0 Å². The summed E-state index contributed by atoms with van der Waals surface area (Å²) in [5, 5.41) is 10.5. The van der Waals surface area contributed by atoms with Gasteiger partial charge in [0.2, 0.25) is 0 Å². The number of likely N-dealkylation sites (tertiary alicyclic amines) is 1. The lowest BCUT2D eigenvalue weighted by Gasteiger charge is -2.15. The largest absolute Gasteiger partial charge is 0.326 e. The van der Waals surface area contributed by atoms with E-state index in [0.717, 1.165) is 25.6 Å². The monoisotopic (exact) mass is 275 g/mol. The van der Waals surface area contributed by atoms with Crippen molar-refractivity contribution in [3.8, 4) is 0 Å². The van der Waals surface area contributed by atoms with Crippen LogP contribution >= 0.6 is 12.4 Å². The SMILES string of the molecule is Cl.NC1CCN(Cc2ccc([N+](=O)[O-])cc2F)C1. The summed E-state index contributed by atoms with van der Waals surface area (Å²) in [6.45, 7) is 2.05. The van der Waals surface area contributed by atoms with Crippen molar-refractivity contribution in [1.29, 1.82) is 0 Å². The zero-order valence-corrected chi connectivity index (χ0v) is 10.5. The molecule has 1 saturated heterocycles. The van der Waals surface area contributed by atoms with Gasteiger partial charge in [-0.1, -0.05) is 0 Å². The Morgan fingerprint density at radius 3 is 2.78 bits per heavy atom. The number of nitro groups is 1. The summed E-state index contributed by atoms with van der Waals surface area (Å²) in [7, 11) is 0. The maximum Gasteiger partial charge on any atom is 0.272 e. The Kier molecular flexibility index (Phi) is 5.01. The molecule has 0 spiro atoms. The average Bonchev–Trinajstić information content (AvgIpc) is 2.67. The Bertz CT molecular complexity index is 444. The number of rotatable bonds is 3. The number of hydrogen-bond acceptors (Lipinski definition) is 4. The Morgan fingerprint density at radius 2 is 2.28 bits per heavy atom. The molecule has 1 atom stereocenters. The van der Waals surface area contributed by atoms with Crippen LogP contribution in [-0.4, -0.2) is 29.0 Å². The molecule has 0 aliphatic carbocycles. The molecule has 1 unspecified atom stereocenters. The van der Waals surface area contributed by atoms with E-state index in [2.05, 4.69) is 4.90 Å². The van der Waals surface area contributed by atoms with E-state index >= 15 is 0 Å². The minimum atomic E-state index is -0.599. The lowest BCUT2D eigenvalue weighted by atomic mass is 10.2. The van der Waals surface area contributed by atoms with Gasteiger partial charge in [-0.05, 0) is 12.5 Å². The summed E-state index contributed by atoms with van der Waals surface area (Å²) in [5.74, 6) is -0.528. The smallest absolute Gasteiger partial charge is 0.272 e. The molecular formula is C11H15ClFN3O2. The van der Waals surface area contributed by atoms with Gasteiger partial charge in [0.25, 0.3) is 5.69 Å². The first kappa shape index (κ1) is 14.8. The summed E-state index contributed by atoms with van der Waals surface area (Å²) in [6.07, 6.45) is 0.911. The second-order valence-electron chi connectivity index (χ2n) is 4.32. The lowest BCUT2D eigenvalue weighted by molar-refractivity contribution is -0.385. The van der Waals surface area contributed by atoms with E-state index in [9.17, 15) is 14.5 Å². The van der Waals surface area contributed by atoms with E-state index in [4.69, 9.17) is 5.73 Å². The highest BCUT2D eigenvalue weighted by Crippen LogP contribution is 2.19. The maximum atomic E-state index is 13.6. The number of nitro benzene ring substituents is 1. The van der Waals surface area contributed by atoms with Crippen molar-refractivity contribution in [3.63, 3.8) is 0 Å². The van der Waals surface area contributed by atoms with E-state index in [1.165, 1.54) is 12.1 Å². The van der Waals surface area contributed by atoms with Gasteiger partial charge in [-0.15, -0.1) is 12.4 Å². The van der Waals surface area contributed by atoms with Crippen molar-refractivity contribution in [2.75, 3.05) is 13.1 Å². The van der Waals surface area contributed by atoms with E-state index in [1.54, 1.807) is 0 Å². The minimum Gasteiger partial charge on any atom is -0.326 e. The molecule has 7 heteroatoms. The molecule has 0 saturated carbocycles. The predicted octanol–water partition coefficient (Wildman–Crippen LogP) is 1.69. The van der Waals surface area contributed by atoms with Gasteiger partial charge >= 0.3 is 0 Å². The average molecular weight is 276 g/mol. The first-order valence-corrected chi connectivity index (χ1v) is 5.47. The van der Waals surface area contributed by atoms with Crippen LogP contribution < -0.4 is 5.73 Å². The van der Waals surface area contributed by atoms with Crippen LogP contribution in [0.3, 0.4) is 0 Å². The van der Waals surface area contributed by atoms with Crippen LogP contribution in [-0.2, 0) is 6.54 Å². The lowest BCUT2D eigenvalue weighted by Crippen LogP contribution is -2.26. The molecule has 5 nitrogen and oxygen atoms in total. The third kappa shape index (κ3) is 3.38. The number of nitrogens with zero attached hydrogens (tertiary/aromatic N) is 2. The Balaban J connectivity index is 0.00000162. The predicted molar refractivity (Wildman–Crippen MR) is 68.2 cm³/mol. The molecule has 2 rings (SSSR count). The molecule has 0 radical (unpaired) electrons. The minimum absolute atomic E-state index is 0. The summed E-state index contributed by atoms with van der Waals surface area (Å²) in [5.41, 5.74) is 6.01. The molecule has 1 aliphatic rings. The van der Waals surface area contributed by atoms with Gasteiger partial charge in [0.15, 0.2) is 0 Å². The number of nitrogens with two attached hydrogens (primary N) is 1. The van der Waals surface area contributed by atoms with Crippen LogP contribution in [0.1, 0.15) is 12.0 Å². The van der Waals surface area contributed by atoms with Crippen LogP contribution in [0.4, 0.5) is 10.1 Å². The molecule has 2 N–H and O–H groups in total. The fourth-order valence-corrected chi connectivity index (χ4v) is 2.03. The van der Waals surface area contributed by atoms with Gasteiger partial charge in [-0.25, -0.2) is 4.39 Å².